The Labute approximate surface area is 134 Å². The smallest absolute Gasteiger partial charge is 0.288 e. The van der Waals surface area contributed by atoms with Crippen LogP contribution in [0.1, 0.15) is 48.9 Å². The predicted octanol–water partition coefficient (Wildman–Crippen LogP) is 4.04. The Morgan fingerprint density at radius 1 is 1.23 bits per heavy atom. The van der Waals surface area contributed by atoms with Gasteiger partial charge in [-0.15, -0.1) is 0 Å². The van der Waals surface area contributed by atoms with Gasteiger partial charge in [0.1, 0.15) is 5.02 Å². The zero-order valence-corrected chi connectivity index (χ0v) is 13.1. The van der Waals surface area contributed by atoms with Crippen LogP contribution in [-0.2, 0) is 0 Å². The van der Waals surface area contributed by atoms with Crippen LogP contribution < -0.4 is 0 Å². The lowest BCUT2D eigenvalue weighted by Gasteiger charge is -2.44. The van der Waals surface area contributed by atoms with Crippen LogP contribution in [0.4, 0.5) is 5.69 Å². The standard InChI is InChI=1S/C16H19ClN2O3/c17-13-8-7-12(10-15(13)19(21)22)16(20)18-9-3-5-11-4-1-2-6-14(11)18/h7-8,10-11,14H,1-6,9H2. The number of nitrogens with zero attached hydrogens (tertiary/aromatic N) is 2. The molecule has 1 aliphatic heterocycles. The Hall–Kier alpha value is -1.62. The van der Waals surface area contributed by atoms with Crippen molar-refractivity contribution in [3.63, 3.8) is 0 Å². The van der Waals surface area contributed by atoms with Crippen LogP contribution in [0, 0.1) is 16.0 Å². The molecule has 2 aliphatic rings. The maximum absolute atomic E-state index is 12.8. The van der Waals surface area contributed by atoms with E-state index < -0.39 is 4.92 Å². The molecular formula is C16H19ClN2O3. The fourth-order valence-electron chi connectivity index (χ4n) is 3.83. The maximum Gasteiger partial charge on any atom is 0.288 e. The summed E-state index contributed by atoms with van der Waals surface area (Å²) < 4.78 is 0. The number of nitro groups is 1. The number of rotatable bonds is 2. The zero-order chi connectivity index (χ0) is 15.7. The van der Waals surface area contributed by atoms with Gasteiger partial charge in [0.15, 0.2) is 0 Å². The predicted molar refractivity (Wildman–Crippen MR) is 84.1 cm³/mol. The van der Waals surface area contributed by atoms with Gasteiger partial charge in [-0.3, -0.25) is 14.9 Å². The molecule has 0 N–H and O–H groups in total. The van der Waals surface area contributed by atoms with Crippen molar-refractivity contribution < 1.29 is 9.72 Å². The first-order chi connectivity index (χ1) is 10.6. The van der Waals surface area contributed by atoms with E-state index in [4.69, 9.17) is 11.6 Å². The molecule has 2 fully saturated rings. The van der Waals surface area contributed by atoms with E-state index in [1.54, 1.807) is 6.07 Å². The molecule has 6 heteroatoms. The minimum Gasteiger partial charge on any atom is -0.335 e. The summed E-state index contributed by atoms with van der Waals surface area (Å²) in [6, 6.07) is 4.63. The van der Waals surface area contributed by atoms with Crippen molar-refractivity contribution in [1.82, 2.24) is 4.90 Å². The van der Waals surface area contributed by atoms with Gasteiger partial charge < -0.3 is 4.90 Å². The molecule has 2 atom stereocenters. The molecule has 5 nitrogen and oxygen atoms in total. The highest BCUT2D eigenvalue weighted by Crippen LogP contribution is 2.36. The molecule has 1 saturated heterocycles. The molecule has 2 unspecified atom stereocenters. The molecule has 0 bridgehead atoms. The molecule has 1 saturated carbocycles. The summed E-state index contributed by atoms with van der Waals surface area (Å²) in [5.74, 6) is 0.491. The monoisotopic (exact) mass is 322 g/mol. The highest BCUT2D eigenvalue weighted by atomic mass is 35.5. The fourth-order valence-corrected chi connectivity index (χ4v) is 4.01. The van der Waals surface area contributed by atoms with Crippen molar-refractivity contribution >= 4 is 23.2 Å². The van der Waals surface area contributed by atoms with E-state index in [0.29, 0.717) is 17.5 Å². The Morgan fingerprint density at radius 2 is 1.95 bits per heavy atom. The van der Waals surface area contributed by atoms with Crippen LogP contribution in [0.25, 0.3) is 0 Å². The van der Waals surface area contributed by atoms with Crippen LogP contribution in [0.15, 0.2) is 18.2 Å². The third-order valence-corrected chi connectivity index (χ3v) is 5.21. The first-order valence-corrected chi connectivity index (χ1v) is 8.20. The minimum atomic E-state index is -0.543. The van der Waals surface area contributed by atoms with Gasteiger partial charge in [-0.25, -0.2) is 0 Å². The number of halogens is 1. The van der Waals surface area contributed by atoms with E-state index in [1.165, 1.54) is 31.4 Å². The third kappa shape index (κ3) is 2.82. The van der Waals surface area contributed by atoms with Crippen molar-refractivity contribution in [2.24, 2.45) is 5.92 Å². The average molecular weight is 323 g/mol. The number of benzene rings is 1. The first kappa shape index (κ1) is 15.3. The SMILES string of the molecule is O=C(c1ccc(Cl)c([N+](=O)[O-])c1)N1CCCC2CCCCC21. The van der Waals surface area contributed by atoms with Gasteiger partial charge in [-0.1, -0.05) is 24.4 Å². The second-order valence-corrected chi connectivity index (χ2v) is 6.58. The molecule has 1 heterocycles. The molecule has 3 rings (SSSR count). The van der Waals surface area contributed by atoms with Crippen molar-refractivity contribution in [2.45, 2.75) is 44.6 Å². The third-order valence-electron chi connectivity index (χ3n) is 4.89. The number of piperidine rings is 1. The van der Waals surface area contributed by atoms with E-state index in [9.17, 15) is 14.9 Å². The summed E-state index contributed by atoms with van der Waals surface area (Å²) in [5.41, 5.74) is 0.159. The summed E-state index contributed by atoms with van der Waals surface area (Å²) in [6.07, 6.45) is 6.85. The lowest BCUT2D eigenvalue weighted by atomic mass is 9.78. The van der Waals surface area contributed by atoms with E-state index in [2.05, 4.69) is 0 Å². The van der Waals surface area contributed by atoms with Crippen molar-refractivity contribution in [3.8, 4) is 0 Å². The summed E-state index contributed by atoms with van der Waals surface area (Å²) >= 11 is 5.83. The van der Waals surface area contributed by atoms with Gasteiger partial charge in [0.05, 0.1) is 4.92 Å². The van der Waals surface area contributed by atoms with Crippen LogP contribution in [-0.4, -0.2) is 28.3 Å². The average Bonchev–Trinajstić information content (AvgIpc) is 2.54. The summed E-state index contributed by atoms with van der Waals surface area (Å²) in [5, 5.41) is 11.1. The van der Waals surface area contributed by atoms with Gasteiger partial charge in [0.25, 0.3) is 11.6 Å². The van der Waals surface area contributed by atoms with Crippen molar-refractivity contribution in [2.75, 3.05) is 6.54 Å². The quantitative estimate of drug-likeness (QED) is 0.609. The number of fused-ring (bicyclic) bond motifs is 1. The second kappa shape index (κ2) is 6.24. The number of carbonyl (C=O) groups excluding carboxylic acids is 1. The molecule has 22 heavy (non-hydrogen) atoms. The molecule has 1 aromatic carbocycles. The zero-order valence-electron chi connectivity index (χ0n) is 12.3. The lowest BCUT2D eigenvalue weighted by Crippen LogP contribution is -2.49. The number of carbonyl (C=O) groups is 1. The van der Waals surface area contributed by atoms with E-state index in [1.807, 2.05) is 4.90 Å². The fraction of sp³-hybridized carbons (Fsp3) is 0.562. The number of nitro benzene ring substituents is 1. The van der Waals surface area contributed by atoms with Crippen molar-refractivity contribution in [3.05, 3.63) is 38.9 Å². The van der Waals surface area contributed by atoms with Crippen LogP contribution in [0.5, 0.6) is 0 Å². The summed E-state index contributed by atoms with van der Waals surface area (Å²) in [7, 11) is 0. The summed E-state index contributed by atoms with van der Waals surface area (Å²) in [4.78, 5) is 25.2. The Bertz CT molecular complexity index is 603. The highest BCUT2D eigenvalue weighted by molar-refractivity contribution is 6.32. The van der Waals surface area contributed by atoms with Gasteiger partial charge >= 0.3 is 0 Å². The van der Waals surface area contributed by atoms with Crippen LogP contribution in [0.2, 0.25) is 5.02 Å². The van der Waals surface area contributed by atoms with Gasteiger partial charge in [-0.2, -0.15) is 0 Å². The van der Waals surface area contributed by atoms with Gasteiger partial charge in [0.2, 0.25) is 0 Å². The number of amides is 1. The molecule has 0 spiro atoms. The van der Waals surface area contributed by atoms with Crippen LogP contribution in [0.3, 0.4) is 0 Å². The Morgan fingerprint density at radius 3 is 2.73 bits per heavy atom. The Balaban J connectivity index is 1.86. The topological polar surface area (TPSA) is 63.4 Å². The largest absolute Gasteiger partial charge is 0.335 e. The molecule has 0 aromatic heterocycles. The second-order valence-electron chi connectivity index (χ2n) is 6.18. The lowest BCUT2D eigenvalue weighted by molar-refractivity contribution is -0.384. The maximum atomic E-state index is 12.8. The van der Waals surface area contributed by atoms with Crippen molar-refractivity contribution in [1.29, 1.82) is 0 Å². The van der Waals surface area contributed by atoms with Gasteiger partial charge in [0, 0.05) is 24.2 Å². The van der Waals surface area contributed by atoms with E-state index in [0.717, 1.165) is 25.8 Å². The number of hydrogen-bond acceptors (Lipinski definition) is 3. The first-order valence-electron chi connectivity index (χ1n) is 7.83. The van der Waals surface area contributed by atoms with Crippen LogP contribution >= 0.6 is 11.6 Å². The van der Waals surface area contributed by atoms with E-state index in [-0.39, 0.29) is 16.6 Å². The molecule has 118 valence electrons. The molecule has 0 radical (unpaired) electrons. The Kier molecular flexibility index (Phi) is 4.34. The minimum absolute atomic E-state index is 0.0655. The highest BCUT2D eigenvalue weighted by Gasteiger charge is 2.36. The molecule has 1 aromatic rings. The van der Waals surface area contributed by atoms with Gasteiger partial charge in [-0.05, 0) is 43.7 Å². The molecule has 1 amide bonds. The van der Waals surface area contributed by atoms with E-state index >= 15 is 0 Å². The number of likely N-dealkylation sites (tertiary alicyclic amines) is 1. The number of hydrogen-bond donors (Lipinski definition) is 0. The normalized spacial score (nSPS) is 24.7. The molecule has 1 aliphatic carbocycles. The molecular weight excluding hydrogens is 304 g/mol. The summed E-state index contributed by atoms with van der Waals surface area (Å²) in [6.45, 7) is 0.746.